The van der Waals surface area contributed by atoms with Gasteiger partial charge in [-0.15, -0.1) is 0 Å². The van der Waals surface area contributed by atoms with Gasteiger partial charge in [0.25, 0.3) is 5.91 Å². The Bertz CT molecular complexity index is 613. The second-order valence-electron chi connectivity index (χ2n) is 5.80. The summed E-state index contributed by atoms with van der Waals surface area (Å²) in [4.78, 5) is 12.3. The molecule has 0 radical (unpaired) electrons. The molecule has 2 atom stereocenters. The Labute approximate surface area is 125 Å². The van der Waals surface area contributed by atoms with E-state index in [1.54, 1.807) is 12.1 Å². The Hall–Kier alpha value is -1.40. The van der Waals surface area contributed by atoms with Gasteiger partial charge in [-0.05, 0) is 43.4 Å². The fourth-order valence-corrected chi connectivity index (χ4v) is 3.39. The molecule has 2 unspecified atom stereocenters. The lowest BCUT2D eigenvalue weighted by Gasteiger charge is -2.26. The molecule has 21 heavy (non-hydrogen) atoms. The van der Waals surface area contributed by atoms with Gasteiger partial charge in [0.05, 0.1) is 4.90 Å². The van der Waals surface area contributed by atoms with Crippen LogP contribution in [0.25, 0.3) is 0 Å². The Morgan fingerprint density at radius 2 is 2.14 bits per heavy atom. The van der Waals surface area contributed by atoms with Crippen LogP contribution in [0.15, 0.2) is 29.2 Å². The van der Waals surface area contributed by atoms with Crippen molar-refractivity contribution >= 4 is 15.7 Å². The number of nitrogens with two attached hydrogens (primary N) is 1. The van der Waals surface area contributed by atoms with Crippen molar-refractivity contribution in [3.05, 3.63) is 29.8 Å². The van der Waals surface area contributed by atoms with E-state index >= 15 is 0 Å². The third kappa shape index (κ3) is 4.54. The molecule has 3 N–H and O–H groups in total. The Morgan fingerprint density at radius 3 is 2.81 bits per heavy atom. The molecule has 1 amide bonds. The Balaban J connectivity index is 1.97. The lowest BCUT2D eigenvalue weighted by molar-refractivity contribution is 0.0942. The first-order valence-electron chi connectivity index (χ1n) is 7.20. The van der Waals surface area contributed by atoms with Crippen LogP contribution in [0, 0.1) is 5.92 Å². The summed E-state index contributed by atoms with van der Waals surface area (Å²) in [5, 5.41) is 2.88. The predicted octanol–water partition coefficient (Wildman–Crippen LogP) is 1.34. The highest BCUT2D eigenvalue weighted by Gasteiger charge is 2.20. The Kier molecular flexibility index (Phi) is 5.00. The van der Waals surface area contributed by atoms with Crippen molar-refractivity contribution in [2.45, 2.75) is 36.6 Å². The van der Waals surface area contributed by atoms with Crippen molar-refractivity contribution in [1.29, 1.82) is 0 Å². The van der Waals surface area contributed by atoms with Crippen LogP contribution in [0.1, 0.15) is 36.0 Å². The zero-order valence-electron chi connectivity index (χ0n) is 12.2. The average Bonchev–Trinajstić information content (AvgIpc) is 2.44. The lowest BCUT2D eigenvalue weighted by Crippen LogP contribution is -2.35. The van der Waals surface area contributed by atoms with E-state index in [-0.39, 0.29) is 16.8 Å². The van der Waals surface area contributed by atoms with Gasteiger partial charge in [-0.25, -0.2) is 8.42 Å². The zero-order chi connectivity index (χ0) is 15.5. The number of carbonyl (C=O) groups is 1. The van der Waals surface area contributed by atoms with Crippen LogP contribution in [0.5, 0.6) is 0 Å². The predicted molar refractivity (Wildman–Crippen MR) is 81.8 cm³/mol. The van der Waals surface area contributed by atoms with Crippen molar-refractivity contribution < 1.29 is 13.2 Å². The molecule has 0 aromatic heterocycles. The highest BCUT2D eigenvalue weighted by Crippen LogP contribution is 2.22. The first-order valence-corrected chi connectivity index (χ1v) is 9.09. The van der Waals surface area contributed by atoms with Crippen molar-refractivity contribution in [3.63, 3.8) is 0 Å². The van der Waals surface area contributed by atoms with Gasteiger partial charge < -0.3 is 11.1 Å². The van der Waals surface area contributed by atoms with Crippen molar-refractivity contribution in [2.75, 3.05) is 12.8 Å². The van der Waals surface area contributed by atoms with Crippen molar-refractivity contribution in [1.82, 2.24) is 5.32 Å². The summed E-state index contributed by atoms with van der Waals surface area (Å²) in [6.45, 7) is 0.593. The molecule has 1 aliphatic carbocycles. The number of hydrogen-bond donors (Lipinski definition) is 2. The van der Waals surface area contributed by atoms with E-state index in [1.807, 2.05) is 0 Å². The quantitative estimate of drug-likeness (QED) is 0.878. The van der Waals surface area contributed by atoms with Gasteiger partial charge in [-0.2, -0.15) is 0 Å². The second kappa shape index (κ2) is 6.58. The van der Waals surface area contributed by atoms with Crippen LogP contribution < -0.4 is 11.1 Å². The van der Waals surface area contributed by atoms with E-state index in [0.717, 1.165) is 31.9 Å². The normalized spacial score (nSPS) is 22.8. The van der Waals surface area contributed by atoms with Crippen LogP contribution >= 0.6 is 0 Å². The second-order valence-corrected chi connectivity index (χ2v) is 7.82. The summed E-state index contributed by atoms with van der Waals surface area (Å²) in [7, 11) is -3.30. The molecule has 0 spiro atoms. The first kappa shape index (κ1) is 16.0. The molecule has 1 aromatic carbocycles. The molecule has 5 nitrogen and oxygen atoms in total. The monoisotopic (exact) mass is 310 g/mol. The molecule has 116 valence electrons. The molecule has 1 aromatic rings. The van der Waals surface area contributed by atoms with Crippen molar-refractivity contribution in [3.8, 4) is 0 Å². The third-order valence-electron chi connectivity index (χ3n) is 3.90. The van der Waals surface area contributed by atoms with Gasteiger partial charge >= 0.3 is 0 Å². The maximum Gasteiger partial charge on any atom is 0.251 e. The smallest absolute Gasteiger partial charge is 0.251 e. The van der Waals surface area contributed by atoms with E-state index in [2.05, 4.69) is 5.32 Å². The van der Waals surface area contributed by atoms with Crippen molar-refractivity contribution in [2.24, 2.45) is 11.7 Å². The highest BCUT2D eigenvalue weighted by molar-refractivity contribution is 7.90. The lowest BCUT2D eigenvalue weighted by atomic mass is 9.86. The van der Waals surface area contributed by atoms with Gasteiger partial charge in [0.2, 0.25) is 0 Å². The fourth-order valence-electron chi connectivity index (χ4n) is 2.73. The van der Waals surface area contributed by atoms with Gasteiger partial charge in [0, 0.05) is 24.4 Å². The van der Waals surface area contributed by atoms with Crippen LogP contribution in [-0.2, 0) is 9.84 Å². The molecule has 2 rings (SSSR count). The summed E-state index contributed by atoms with van der Waals surface area (Å²) >= 11 is 0. The van der Waals surface area contributed by atoms with Crippen LogP contribution in [-0.4, -0.2) is 33.2 Å². The maximum atomic E-state index is 12.1. The number of carbonyl (C=O) groups excluding carboxylic acids is 1. The summed E-state index contributed by atoms with van der Waals surface area (Å²) < 4.78 is 23.0. The highest BCUT2D eigenvalue weighted by atomic mass is 32.2. The van der Waals surface area contributed by atoms with Gasteiger partial charge in [-0.3, -0.25) is 4.79 Å². The number of benzene rings is 1. The van der Waals surface area contributed by atoms with Crippen LogP contribution in [0.3, 0.4) is 0 Å². The number of rotatable bonds is 4. The zero-order valence-corrected chi connectivity index (χ0v) is 13.0. The minimum absolute atomic E-state index is 0.162. The van der Waals surface area contributed by atoms with Crippen LogP contribution in [0.4, 0.5) is 0 Å². The molecular formula is C15H22N2O3S. The number of sulfone groups is 1. The molecule has 0 saturated heterocycles. The van der Waals surface area contributed by atoms with E-state index < -0.39 is 9.84 Å². The van der Waals surface area contributed by atoms with Gasteiger partial charge in [0.15, 0.2) is 9.84 Å². The standard InChI is InChI=1S/C15H22N2O3S/c1-21(19,20)14-7-3-5-12(9-14)15(18)17-10-11-4-2-6-13(16)8-11/h3,5,7,9,11,13H,2,4,6,8,10,16H2,1H3,(H,17,18). The summed E-state index contributed by atoms with van der Waals surface area (Å²) in [5.41, 5.74) is 6.30. The molecule has 1 aliphatic rings. The first-order chi connectivity index (χ1) is 9.86. The summed E-state index contributed by atoms with van der Waals surface area (Å²) in [6.07, 6.45) is 5.31. The van der Waals surface area contributed by atoms with E-state index in [4.69, 9.17) is 5.73 Å². The van der Waals surface area contributed by atoms with E-state index in [0.29, 0.717) is 18.0 Å². The average molecular weight is 310 g/mol. The fraction of sp³-hybridized carbons (Fsp3) is 0.533. The third-order valence-corrected chi connectivity index (χ3v) is 5.01. The minimum atomic E-state index is -3.30. The van der Waals surface area contributed by atoms with E-state index in [9.17, 15) is 13.2 Å². The van der Waals surface area contributed by atoms with Crippen LogP contribution in [0.2, 0.25) is 0 Å². The number of amides is 1. The molecule has 0 bridgehead atoms. The van der Waals surface area contributed by atoms with E-state index in [1.165, 1.54) is 12.1 Å². The summed E-state index contributed by atoms with van der Waals surface area (Å²) in [5.74, 6) is 0.176. The number of nitrogens with one attached hydrogen (secondary N) is 1. The molecule has 1 saturated carbocycles. The molecule has 0 aliphatic heterocycles. The molecule has 1 fully saturated rings. The van der Waals surface area contributed by atoms with Gasteiger partial charge in [-0.1, -0.05) is 12.5 Å². The topological polar surface area (TPSA) is 89.3 Å². The minimum Gasteiger partial charge on any atom is -0.352 e. The largest absolute Gasteiger partial charge is 0.352 e. The molecule has 6 heteroatoms. The molecule has 0 heterocycles. The number of hydrogen-bond acceptors (Lipinski definition) is 4. The Morgan fingerprint density at radius 1 is 1.38 bits per heavy atom. The van der Waals surface area contributed by atoms with Gasteiger partial charge in [0.1, 0.15) is 0 Å². The maximum absolute atomic E-state index is 12.1. The summed E-state index contributed by atoms with van der Waals surface area (Å²) in [6, 6.07) is 6.34. The SMILES string of the molecule is CS(=O)(=O)c1cccc(C(=O)NCC2CCCC(N)C2)c1. The molecular weight excluding hydrogens is 288 g/mol.